The molecule has 1 saturated heterocycles. The van der Waals surface area contributed by atoms with Crippen molar-refractivity contribution in [2.24, 2.45) is 0 Å². The molecule has 2 aromatic carbocycles. The molecule has 3 aromatic rings. The van der Waals surface area contributed by atoms with Crippen LogP contribution >= 0.6 is 0 Å². The number of nitrogens with one attached hydrogen (secondary N) is 1. The molecule has 4 rings (SSSR count). The minimum absolute atomic E-state index is 0.0183. The summed E-state index contributed by atoms with van der Waals surface area (Å²) < 4.78 is 5.77. The topological polar surface area (TPSA) is 62.4 Å². The molecule has 1 N–H and O–H groups in total. The Kier molecular flexibility index (Phi) is 5.49. The van der Waals surface area contributed by atoms with E-state index in [1.807, 2.05) is 62.4 Å². The average molecular weight is 390 g/mol. The van der Waals surface area contributed by atoms with E-state index in [9.17, 15) is 9.59 Å². The minimum Gasteiger partial charge on any atom is -0.376 e. The summed E-state index contributed by atoms with van der Waals surface area (Å²) in [6, 6.07) is 15.4. The molecule has 0 aliphatic carbocycles. The van der Waals surface area contributed by atoms with Crippen LogP contribution in [-0.2, 0) is 11.3 Å². The van der Waals surface area contributed by atoms with Gasteiger partial charge in [-0.1, -0.05) is 36.4 Å². The van der Waals surface area contributed by atoms with Gasteiger partial charge in [-0.3, -0.25) is 9.59 Å². The maximum Gasteiger partial charge on any atom is 0.254 e. The Labute approximate surface area is 170 Å². The normalized spacial score (nSPS) is 16.3. The quantitative estimate of drug-likeness (QED) is 0.717. The zero-order valence-corrected chi connectivity index (χ0v) is 16.9. The zero-order valence-electron chi connectivity index (χ0n) is 16.9. The summed E-state index contributed by atoms with van der Waals surface area (Å²) in [5.74, 6) is -0.0673. The van der Waals surface area contributed by atoms with E-state index in [2.05, 4.69) is 4.98 Å². The standard InChI is InChI=1S/C24H26N2O3/c1-16-7-3-4-11-21(16)24(28)26(15-20-10-6-12-29-20)14-19-13-18-9-5-8-17(2)22(18)25-23(19)27/h3-5,7-9,11,13,20H,6,10,12,14-15H2,1-2H3,(H,25,27). The van der Waals surface area contributed by atoms with Gasteiger partial charge in [-0.2, -0.15) is 0 Å². The molecule has 2 heterocycles. The average Bonchev–Trinajstić information content (AvgIpc) is 3.22. The van der Waals surface area contributed by atoms with Crippen molar-refractivity contribution in [1.29, 1.82) is 0 Å². The highest BCUT2D eigenvalue weighted by molar-refractivity contribution is 5.95. The molecule has 1 amide bonds. The van der Waals surface area contributed by atoms with Crippen molar-refractivity contribution in [3.05, 3.63) is 81.1 Å². The lowest BCUT2D eigenvalue weighted by atomic mass is 10.1. The Morgan fingerprint density at radius 2 is 1.93 bits per heavy atom. The fourth-order valence-corrected chi connectivity index (χ4v) is 3.99. The number of para-hydroxylation sites is 1. The number of amides is 1. The second-order valence-electron chi connectivity index (χ2n) is 7.80. The molecule has 1 unspecified atom stereocenters. The van der Waals surface area contributed by atoms with Gasteiger partial charge in [0, 0.05) is 24.3 Å². The monoisotopic (exact) mass is 390 g/mol. The van der Waals surface area contributed by atoms with Crippen LogP contribution in [0.4, 0.5) is 0 Å². The Hall–Kier alpha value is -2.92. The molecular formula is C24H26N2O3. The Morgan fingerprint density at radius 1 is 1.14 bits per heavy atom. The molecule has 0 spiro atoms. The molecule has 29 heavy (non-hydrogen) atoms. The van der Waals surface area contributed by atoms with Crippen molar-refractivity contribution in [3.8, 4) is 0 Å². The molecule has 5 nitrogen and oxygen atoms in total. The number of carbonyl (C=O) groups is 1. The number of hydrogen-bond acceptors (Lipinski definition) is 3. The van der Waals surface area contributed by atoms with E-state index < -0.39 is 0 Å². The first kappa shape index (κ1) is 19.4. The van der Waals surface area contributed by atoms with Gasteiger partial charge >= 0.3 is 0 Å². The van der Waals surface area contributed by atoms with Gasteiger partial charge < -0.3 is 14.6 Å². The first-order valence-corrected chi connectivity index (χ1v) is 10.1. The van der Waals surface area contributed by atoms with Crippen LogP contribution in [0.15, 0.2) is 53.3 Å². The van der Waals surface area contributed by atoms with Crippen LogP contribution < -0.4 is 5.56 Å². The van der Waals surface area contributed by atoms with E-state index >= 15 is 0 Å². The van der Waals surface area contributed by atoms with Crippen molar-refractivity contribution in [2.75, 3.05) is 13.2 Å². The molecule has 150 valence electrons. The smallest absolute Gasteiger partial charge is 0.254 e. The van der Waals surface area contributed by atoms with Crippen LogP contribution in [0.2, 0.25) is 0 Å². The van der Waals surface area contributed by atoms with Crippen LogP contribution in [0, 0.1) is 13.8 Å². The van der Waals surface area contributed by atoms with Gasteiger partial charge in [0.25, 0.3) is 11.5 Å². The van der Waals surface area contributed by atoms with Crippen molar-refractivity contribution < 1.29 is 9.53 Å². The predicted molar refractivity (Wildman–Crippen MR) is 114 cm³/mol. The van der Waals surface area contributed by atoms with Crippen LogP contribution in [0.25, 0.3) is 10.9 Å². The van der Waals surface area contributed by atoms with Crippen molar-refractivity contribution >= 4 is 16.8 Å². The highest BCUT2D eigenvalue weighted by Crippen LogP contribution is 2.20. The van der Waals surface area contributed by atoms with Crippen molar-refractivity contribution in [3.63, 3.8) is 0 Å². The number of pyridine rings is 1. The first-order chi connectivity index (χ1) is 14.0. The summed E-state index contributed by atoms with van der Waals surface area (Å²) in [6.45, 7) is 5.38. The van der Waals surface area contributed by atoms with E-state index in [0.29, 0.717) is 17.7 Å². The summed E-state index contributed by atoms with van der Waals surface area (Å²) in [5, 5.41) is 0.972. The fourth-order valence-electron chi connectivity index (χ4n) is 3.99. The van der Waals surface area contributed by atoms with Gasteiger partial charge in [0.15, 0.2) is 0 Å². The molecule has 0 bridgehead atoms. The number of aromatic amines is 1. The Morgan fingerprint density at radius 3 is 2.69 bits per heavy atom. The third-order valence-corrected chi connectivity index (χ3v) is 5.64. The van der Waals surface area contributed by atoms with Crippen molar-refractivity contribution in [1.82, 2.24) is 9.88 Å². The zero-order chi connectivity index (χ0) is 20.4. The summed E-state index contributed by atoms with van der Waals surface area (Å²) >= 11 is 0. The number of aromatic nitrogens is 1. The number of carbonyl (C=O) groups excluding carboxylic acids is 1. The molecule has 0 radical (unpaired) electrons. The van der Waals surface area contributed by atoms with Gasteiger partial charge in [-0.25, -0.2) is 0 Å². The van der Waals surface area contributed by atoms with Crippen LogP contribution in [0.3, 0.4) is 0 Å². The van der Waals surface area contributed by atoms with E-state index in [1.165, 1.54) is 0 Å². The maximum atomic E-state index is 13.3. The van der Waals surface area contributed by atoms with Gasteiger partial charge in [-0.15, -0.1) is 0 Å². The summed E-state index contributed by atoms with van der Waals surface area (Å²) in [6.07, 6.45) is 1.96. The van der Waals surface area contributed by atoms with E-state index in [0.717, 1.165) is 41.5 Å². The van der Waals surface area contributed by atoms with Gasteiger partial charge in [-0.05, 0) is 55.3 Å². The number of nitrogens with zero attached hydrogens (tertiary/aromatic N) is 1. The molecule has 1 aliphatic heterocycles. The third kappa shape index (κ3) is 4.10. The van der Waals surface area contributed by atoms with E-state index in [4.69, 9.17) is 4.74 Å². The molecule has 1 atom stereocenters. The highest BCUT2D eigenvalue weighted by Gasteiger charge is 2.25. The summed E-state index contributed by atoms with van der Waals surface area (Å²) in [7, 11) is 0. The molecular weight excluding hydrogens is 364 g/mol. The lowest BCUT2D eigenvalue weighted by molar-refractivity contribution is 0.0506. The fraction of sp³-hybridized carbons (Fsp3) is 0.333. The van der Waals surface area contributed by atoms with E-state index in [1.54, 1.807) is 4.90 Å². The van der Waals surface area contributed by atoms with Crippen LogP contribution in [-0.4, -0.2) is 35.0 Å². The summed E-state index contributed by atoms with van der Waals surface area (Å²) in [4.78, 5) is 30.8. The number of ether oxygens (including phenoxy) is 1. The van der Waals surface area contributed by atoms with Crippen LogP contribution in [0.1, 0.15) is 39.9 Å². The molecule has 1 fully saturated rings. The molecule has 1 aliphatic rings. The maximum absolute atomic E-state index is 13.3. The van der Waals surface area contributed by atoms with E-state index in [-0.39, 0.29) is 24.1 Å². The lowest BCUT2D eigenvalue weighted by Crippen LogP contribution is -2.38. The second kappa shape index (κ2) is 8.21. The molecule has 5 heteroatoms. The predicted octanol–water partition coefficient (Wildman–Crippen LogP) is 3.97. The number of hydrogen-bond donors (Lipinski definition) is 1. The first-order valence-electron chi connectivity index (χ1n) is 10.1. The number of aryl methyl sites for hydroxylation is 2. The largest absolute Gasteiger partial charge is 0.376 e. The second-order valence-corrected chi connectivity index (χ2v) is 7.80. The number of fused-ring (bicyclic) bond motifs is 1. The lowest BCUT2D eigenvalue weighted by Gasteiger charge is -2.26. The Bertz CT molecular complexity index is 1100. The van der Waals surface area contributed by atoms with Gasteiger partial charge in [0.1, 0.15) is 0 Å². The SMILES string of the molecule is Cc1ccccc1C(=O)N(Cc1cc2cccc(C)c2[nH]c1=O)CC1CCCO1. The third-order valence-electron chi connectivity index (χ3n) is 5.64. The van der Waals surface area contributed by atoms with Crippen LogP contribution in [0.5, 0.6) is 0 Å². The number of benzene rings is 2. The molecule has 0 saturated carbocycles. The number of H-pyrrole nitrogens is 1. The van der Waals surface area contributed by atoms with Gasteiger partial charge in [0.2, 0.25) is 0 Å². The number of rotatable bonds is 5. The minimum atomic E-state index is -0.151. The highest BCUT2D eigenvalue weighted by atomic mass is 16.5. The molecule has 1 aromatic heterocycles. The van der Waals surface area contributed by atoms with Crippen molar-refractivity contribution in [2.45, 2.75) is 39.3 Å². The van der Waals surface area contributed by atoms with Gasteiger partial charge in [0.05, 0.1) is 18.2 Å². The summed E-state index contributed by atoms with van der Waals surface area (Å²) in [5.41, 5.74) is 3.90. The Balaban J connectivity index is 1.69.